The van der Waals surface area contributed by atoms with Crippen LogP contribution in [0.15, 0.2) is 11.1 Å². The molecule has 2 saturated heterocycles. The van der Waals surface area contributed by atoms with E-state index in [2.05, 4.69) is 15.0 Å². The first-order valence-corrected chi connectivity index (χ1v) is 9.23. The molecule has 1 unspecified atom stereocenters. The van der Waals surface area contributed by atoms with Crippen LogP contribution in [0.3, 0.4) is 0 Å². The van der Waals surface area contributed by atoms with Gasteiger partial charge in [0.15, 0.2) is 29.7 Å². The van der Waals surface area contributed by atoms with Crippen LogP contribution in [-0.4, -0.2) is 61.8 Å². The van der Waals surface area contributed by atoms with Crippen molar-refractivity contribution in [3.8, 4) is 0 Å². The number of aromatic nitrogens is 4. The van der Waals surface area contributed by atoms with Crippen LogP contribution in [0.25, 0.3) is 11.2 Å². The van der Waals surface area contributed by atoms with E-state index in [-0.39, 0.29) is 23.7 Å². The molecule has 4 rings (SSSR count). The van der Waals surface area contributed by atoms with E-state index in [1.807, 2.05) is 0 Å². The normalized spacial score (nSPS) is 34.8. The van der Waals surface area contributed by atoms with Crippen molar-refractivity contribution in [2.45, 2.75) is 37.1 Å². The number of nitrogens with one attached hydrogen (secondary N) is 1. The van der Waals surface area contributed by atoms with Gasteiger partial charge in [0, 0.05) is 0 Å². The molecular formula is C13H17N5O6P+. The lowest BCUT2D eigenvalue weighted by atomic mass is 9.94. The summed E-state index contributed by atoms with van der Waals surface area (Å²) in [4.78, 5) is 22.4. The first-order valence-electron chi connectivity index (χ1n) is 7.61. The van der Waals surface area contributed by atoms with Gasteiger partial charge in [0.25, 0.3) is 5.56 Å². The van der Waals surface area contributed by atoms with Crippen LogP contribution in [0.2, 0.25) is 0 Å². The maximum atomic E-state index is 11.9. The van der Waals surface area contributed by atoms with Crippen molar-refractivity contribution in [3.63, 3.8) is 0 Å². The number of ether oxygens (including phenoxy) is 2. The minimum absolute atomic E-state index is 0.0572. The quantitative estimate of drug-likeness (QED) is 0.604. The average molecular weight is 370 g/mol. The van der Waals surface area contributed by atoms with Crippen LogP contribution in [0.5, 0.6) is 0 Å². The monoisotopic (exact) mass is 370 g/mol. The number of anilines is 1. The van der Waals surface area contributed by atoms with E-state index >= 15 is 0 Å². The first-order chi connectivity index (χ1) is 11.8. The third kappa shape index (κ3) is 2.31. The Bertz CT molecular complexity index is 914. The molecule has 11 nitrogen and oxygen atoms in total. The molecular weight excluding hydrogens is 353 g/mol. The zero-order valence-electron chi connectivity index (χ0n) is 13.4. The topological polar surface area (TPSA) is 155 Å². The molecule has 2 aromatic rings. The van der Waals surface area contributed by atoms with Gasteiger partial charge in [-0.05, 0) is 11.5 Å². The molecule has 0 aromatic carbocycles. The minimum Gasteiger partial charge on any atom is -0.387 e. The second-order valence-corrected chi connectivity index (χ2v) is 7.28. The standard InChI is InChI=1S/C13H16N5O6P/c1-5-13(3-22-25(2)21)8(19)7(23-5)11(24-13)18-4-15-6-9(18)16-12(14)17-10(6)20/h4-5,7-8,11,19H,3H2,1-2H3,(H2-,14,16,17,20)/p+1/t5-,7+,8-,11+,13-/m0/s1. The Labute approximate surface area is 142 Å². The number of nitrogens with two attached hydrogens (primary N) is 1. The van der Waals surface area contributed by atoms with E-state index in [9.17, 15) is 14.5 Å². The predicted octanol–water partition coefficient (Wildman–Crippen LogP) is -0.494. The zero-order chi connectivity index (χ0) is 17.9. The zero-order valence-corrected chi connectivity index (χ0v) is 14.3. The molecule has 0 aliphatic carbocycles. The minimum atomic E-state index is -1.86. The Kier molecular flexibility index (Phi) is 3.67. The van der Waals surface area contributed by atoms with Crippen LogP contribution in [-0.2, 0) is 18.6 Å². The molecule has 0 amide bonds. The van der Waals surface area contributed by atoms with Gasteiger partial charge in [0.1, 0.15) is 18.8 Å². The third-order valence-electron chi connectivity index (χ3n) is 4.68. The number of rotatable bonds is 4. The lowest BCUT2D eigenvalue weighted by molar-refractivity contribution is -0.213. The van der Waals surface area contributed by atoms with E-state index < -0.39 is 43.7 Å². The second kappa shape index (κ2) is 5.55. The Morgan fingerprint density at radius 2 is 2.36 bits per heavy atom. The van der Waals surface area contributed by atoms with Gasteiger partial charge >= 0.3 is 8.03 Å². The van der Waals surface area contributed by atoms with Crippen molar-refractivity contribution in [2.75, 3.05) is 19.0 Å². The highest BCUT2D eigenvalue weighted by Crippen LogP contribution is 2.49. The van der Waals surface area contributed by atoms with Crippen LogP contribution >= 0.6 is 8.03 Å². The summed E-state index contributed by atoms with van der Waals surface area (Å²) in [6, 6.07) is 0. The van der Waals surface area contributed by atoms with Crippen LogP contribution in [0.4, 0.5) is 5.95 Å². The lowest BCUT2D eigenvalue weighted by Crippen LogP contribution is -2.49. The Hall–Kier alpha value is -1.91. The number of H-pyrrole nitrogens is 1. The molecule has 0 radical (unpaired) electrons. The summed E-state index contributed by atoms with van der Waals surface area (Å²) >= 11 is 0. The van der Waals surface area contributed by atoms with Crippen molar-refractivity contribution >= 4 is 25.1 Å². The summed E-state index contributed by atoms with van der Waals surface area (Å²) in [7, 11) is -1.86. The molecule has 2 fully saturated rings. The van der Waals surface area contributed by atoms with Gasteiger partial charge in [-0.15, -0.1) is 4.52 Å². The average Bonchev–Trinajstić information content (AvgIpc) is 3.14. The number of imidazole rings is 1. The first kappa shape index (κ1) is 16.6. The van der Waals surface area contributed by atoms with Gasteiger partial charge in [-0.3, -0.25) is 14.3 Å². The number of hydrogen-bond acceptors (Lipinski definition) is 9. The van der Waals surface area contributed by atoms with E-state index in [4.69, 9.17) is 19.7 Å². The number of aliphatic hydroxyl groups excluding tert-OH is 1. The van der Waals surface area contributed by atoms with Crippen LogP contribution in [0.1, 0.15) is 13.2 Å². The van der Waals surface area contributed by atoms with Crippen molar-refractivity contribution in [2.24, 2.45) is 0 Å². The third-order valence-corrected chi connectivity index (χ3v) is 5.17. The lowest BCUT2D eigenvalue weighted by Gasteiger charge is -2.34. The number of nitrogens with zero attached hydrogens (tertiary/aromatic N) is 3. The second-order valence-electron chi connectivity index (χ2n) is 6.14. The number of aromatic amines is 1. The number of fused-ring (bicyclic) bond motifs is 3. The summed E-state index contributed by atoms with van der Waals surface area (Å²) in [5.74, 6) is -0.0572. The van der Waals surface area contributed by atoms with Gasteiger partial charge in [0.05, 0.1) is 12.4 Å². The molecule has 4 heterocycles. The van der Waals surface area contributed by atoms with Crippen molar-refractivity contribution in [3.05, 3.63) is 16.7 Å². The molecule has 2 aromatic heterocycles. The van der Waals surface area contributed by atoms with Crippen molar-refractivity contribution in [1.29, 1.82) is 0 Å². The molecule has 2 bridgehead atoms. The SMILES string of the molecule is C[C@@H]1O[C@H]2[C@H](n3cnc4c(=O)[nH]c(N)nc43)O[C@]1(CO[P+](C)=O)[C@H]2O. The Balaban J connectivity index is 1.74. The van der Waals surface area contributed by atoms with Crippen molar-refractivity contribution < 1.29 is 23.7 Å². The van der Waals surface area contributed by atoms with Crippen LogP contribution < -0.4 is 11.3 Å². The molecule has 2 aliphatic rings. The smallest absolute Gasteiger partial charge is 0.387 e. The summed E-state index contributed by atoms with van der Waals surface area (Å²) in [6.07, 6.45) is -1.57. The molecule has 134 valence electrons. The van der Waals surface area contributed by atoms with E-state index in [0.717, 1.165) is 0 Å². The largest absolute Gasteiger partial charge is 0.504 e. The fourth-order valence-corrected chi connectivity index (χ4v) is 3.78. The van der Waals surface area contributed by atoms with Gasteiger partial charge in [-0.25, -0.2) is 4.98 Å². The highest BCUT2D eigenvalue weighted by Gasteiger charge is 2.66. The Morgan fingerprint density at radius 3 is 3.08 bits per heavy atom. The van der Waals surface area contributed by atoms with Gasteiger partial charge in [-0.2, -0.15) is 4.98 Å². The summed E-state index contributed by atoms with van der Waals surface area (Å²) in [5, 5.41) is 10.6. The molecule has 12 heteroatoms. The molecule has 4 N–H and O–H groups in total. The summed E-state index contributed by atoms with van der Waals surface area (Å²) in [6.45, 7) is 3.08. The van der Waals surface area contributed by atoms with E-state index in [1.165, 1.54) is 17.6 Å². The maximum Gasteiger partial charge on any atom is 0.504 e. The van der Waals surface area contributed by atoms with Crippen molar-refractivity contribution in [1.82, 2.24) is 19.5 Å². The molecule has 0 saturated carbocycles. The van der Waals surface area contributed by atoms with Gasteiger partial charge < -0.3 is 20.3 Å². The molecule has 0 spiro atoms. The fourth-order valence-electron chi connectivity index (χ4n) is 3.40. The predicted molar refractivity (Wildman–Crippen MR) is 85.2 cm³/mol. The van der Waals surface area contributed by atoms with Crippen LogP contribution in [0, 0.1) is 0 Å². The summed E-state index contributed by atoms with van der Waals surface area (Å²) < 4.78 is 29.9. The highest BCUT2D eigenvalue weighted by atomic mass is 31.1. The number of hydrogen-bond donors (Lipinski definition) is 3. The van der Waals surface area contributed by atoms with E-state index in [1.54, 1.807) is 6.92 Å². The molecule has 25 heavy (non-hydrogen) atoms. The maximum absolute atomic E-state index is 11.9. The fraction of sp³-hybridized carbons (Fsp3) is 0.615. The van der Waals surface area contributed by atoms with E-state index in [0.29, 0.717) is 0 Å². The number of aliphatic hydroxyl groups is 1. The molecule has 2 aliphatic heterocycles. The van der Waals surface area contributed by atoms with Gasteiger partial charge in [-0.1, -0.05) is 0 Å². The molecule has 6 atom stereocenters. The number of nitrogen functional groups attached to an aromatic ring is 1. The summed E-state index contributed by atoms with van der Waals surface area (Å²) in [5.41, 5.74) is 4.29. The van der Waals surface area contributed by atoms with Gasteiger partial charge in [0.2, 0.25) is 5.95 Å². The Morgan fingerprint density at radius 1 is 1.60 bits per heavy atom. The highest BCUT2D eigenvalue weighted by molar-refractivity contribution is 7.38.